The van der Waals surface area contributed by atoms with Crippen LogP contribution in [0.2, 0.25) is 0 Å². The molecule has 1 aliphatic rings. The molecule has 2 rings (SSSR count). The third kappa shape index (κ3) is 3.26. The Kier molecular flexibility index (Phi) is 4.25. The van der Waals surface area contributed by atoms with Crippen LogP contribution >= 0.6 is 11.8 Å². The molecule has 0 aromatic heterocycles. The van der Waals surface area contributed by atoms with E-state index in [1.807, 2.05) is 6.07 Å². The molecule has 1 saturated heterocycles. The van der Waals surface area contributed by atoms with E-state index in [9.17, 15) is 9.59 Å². The lowest BCUT2D eigenvalue weighted by Crippen LogP contribution is -2.30. The highest BCUT2D eigenvalue weighted by atomic mass is 32.2. The van der Waals surface area contributed by atoms with Crippen molar-refractivity contribution in [2.75, 3.05) is 5.75 Å². The smallest absolute Gasteiger partial charge is 0.335 e. The van der Waals surface area contributed by atoms with Crippen molar-refractivity contribution < 1.29 is 14.7 Å². The lowest BCUT2D eigenvalue weighted by molar-refractivity contribution is -0.120. The lowest BCUT2D eigenvalue weighted by atomic mass is 10.1. The molecule has 1 unspecified atom stereocenters. The highest BCUT2D eigenvalue weighted by Crippen LogP contribution is 2.26. The van der Waals surface area contributed by atoms with Crippen molar-refractivity contribution in [2.45, 2.75) is 24.6 Å². The first kappa shape index (κ1) is 13.0. The van der Waals surface area contributed by atoms with Gasteiger partial charge in [0.1, 0.15) is 0 Å². The third-order valence-electron chi connectivity index (χ3n) is 2.86. The average molecular weight is 265 g/mol. The Bertz CT molecular complexity index is 455. The summed E-state index contributed by atoms with van der Waals surface area (Å²) in [4.78, 5) is 22.6. The molecule has 1 aromatic rings. The van der Waals surface area contributed by atoms with Gasteiger partial charge >= 0.3 is 5.97 Å². The minimum atomic E-state index is -0.950. The van der Waals surface area contributed by atoms with E-state index >= 15 is 0 Å². The van der Waals surface area contributed by atoms with Crippen molar-refractivity contribution in [3.63, 3.8) is 0 Å². The topological polar surface area (TPSA) is 66.4 Å². The normalized spacial score (nSPS) is 18.6. The van der Waals surface area contributed by atoms with Crippen molar-refractivity contribution in [2.24, 2.45) is 0 Å². The van der Waals surface area contributed by atoms with Gasteiger partial charge in [0.05, 0.1) is 10.8 Å². The fraction of sp³-hybridized carbons (Fsp3) is 0.385. The van der Waals surface area contributed by atoms with Crippen molar-refractivity contribution in [1.29, 1.82) is 0 Å². The maximum atomic E-state index is 11.8. The zero-order chi connectivity index (χ0) is 13.0. The number of carbonyl (C=O) groups excluding carboxylic acids is 1. The third-order valence-corrected chi connectivity index (χ3v) is 4.24. The van der Waals surface area contributed by atoms with Crippen LogP contribution < -0.4 is 5.32 Å². The highest BCUT2D eigenvalue weighted by Gasteiger charge is 2.22. The highest BCUT2D eigenvalue weighted by molar-refractivity contribution is 8.00. The zero-order valence-electron chi connectivity index (χ0n) is 9.89. The Morgan fingerprint density at radius 2 is 2.28 bits per heavy atom. The molecule has 0 aliphatic carbocycles. The summed E-state index contributed by atoms with van der Waals surface area (Å²) in [6.45, 7) is 0.386. The van der Waals surface area contributed by atoms with E-state index in [2.05, 4.69) is 5.32 Å². The monoisotopic (exact) mass is 265 g/mol. The van der Waals surface area contributed by atoms with E-state index in [0.717, 1.165) is 24.2 Å². The SMILES string of the molecule is O=C(O)c1cccc(CNC(=O)C2CCCS2)c1. The van der Waals surface area contributed by atoms with Crippen LogP contribution in [0.3, 0.4) is 0 Å². The van der Waals surface area contributed by atoms with Crippen LogP contribution in [0.5, 0.6) is 0 Å². The van der Waals surface area contributed by atoms with Gasteiger partial charge in [0.15, 0.2) is 0 Å². The van der Waals surface area contributed by atoms with Gasteiger partial charge in [-0.2, -0.15) is 0 Å². The van der Waals surface area contributed by atoms with Gasteiger partial charge in [-0.1, -0.05) is 12.1 Å². The first-order valence-electron chi connectivity index (χ1n) is 5.88. The number of benzene rings is 1. The largest absolute Gasteiger partial charge is 0.478 e. The maximum Gasteiger partial charge on any atom is 0.335 e. The van der Waals surface area contributed by atoms with E-state index < -0.39 is 5.97 Å². The van der Waals surface area contributed by atoms with Gasteiger partial charge in [-0.15, -0.1) is 11.8 Å². The quantitative estimate of drug-likeness (QED) is 0.872. The summed E-state index contributed by atoms with van der Waals surface area (Å²) in [6.07, 6.45) is 2.03. The molecule has 0 spiro atoms. The first-order chi connectivity index (χ1) is 8.66. The van der Waals surface area contributed by atoms with Gasteiger partial charge in [-0.25, -0.2) is 4.79 Å². The number of rotatable bonds is 4. The summed E-state index contributed by atoms with van der Waals surface area (Å²) in [6, 6.07) is 6.63. The Labute approximate surface area is 110 Å². The van der Waals surface area contributed by atoms with Crippen molar-refractivity contribution in [1.82, 2.24) is 5.32 Å². The number of hydrogen-bond donors (Lipinski definition) is 2. The van der Waals surface area contributed by atoms with Crippen LogP contribution in [0.1, 0.15) is 28.8 Å². The molecule has 4 nitrogen and oxygen atoms in total. The second-order valence-corrected chi connectivity index (χ2v) is 5.54. The molecule has 1 atom stereocenters. The molecule has 2 N–H and O–H groups in total. The minimum absolute atomic E-state index is 0.0539. The Morgan fingerprint density at radius 1 is 1.44 bits per heavy atom. The molecule has 1 aromatic carbocycles. The Balaban J connectivity index is 1.91. The van der Waals surface area contributed by atoms with E-state index in [-0.39, 0.29) is 16.7 Å². The molecule has 0 bridgehead atoms. The molecule has 1 heterocycles. The van der Waals surface area contributed by atoms with Crippen LogP contribution in [0.4, 0.5) is 0 Å². The molecule has 0 saturated carbocycles. The minimum Gasteiger partial charge on any atom is -0.478 e. The van der Waals surface area contributed by atoms with Gasteiger partial charge in [0.2, 0.25) is 5.91 Å². The molecule has 1 amide bonds. The Hall–Kier alpha value is -1.49. The van der Waals surface area contributed by atoms with Gasteiger partial charge in [0, 0.05) is 6.54 Å². The predicted molar refractivity (Wildman–Crippen MR) is 70.7 cm³/mol. The molecule has 0 radical (unpaired) electrons. The number of hydrogen-bond acceptors (Lipinski definition) is 3. The summed E-state index contributed by atoms with van der Waals surface area (Å²) in [7, 11) is 0. The number of carboxylic acids is 1. The fourth-order valence-electron chi connectivity index (χ4n) is 1.90. The zero-order valence-corrected chi connectivity index (χ0v) is 10.7. The molecule has 1 fully saturated rings. The van der Waals surface area contributed by atoms with Gasteiger partial charge in [-0.05, 0) is 36.3 Å². The summed E-state index contributed by atoms with van der Waals surface area (Å²) in [5.41, 5.74) is 1.06. The molecular weight excluding hydrogens is 250 g/mol. The van der Waals surface area contributed by atoms with Gasteiger partial charge in [-0.3, -0.25) is 4.79 Å². The summed E-state index contributed by atoms with van der Waals surface area (Å²) >= 11 is 1.69. The number of amides is 1. The number of aromatic carboxylic acids is 1. The first-order valence-corrected chi connectivity index (χ1v) is 6.93. The standard InChI is InChI=1S/C13H15NO3S/c15-12(11-5-2-6-18-11)14-8-9-3-1-4-10(7-9)13(16)17/h1,3-4,7,11H,2,5-6,8H2,(H,14,15)(H,16,17). The van der Waals surface area contributed by atoms with E-state index in [1.165, 1.54) is 0 Å². The molecule has 96 valence electrons. The number of carbonyl (C=O) groups is 2. The second kappa shape index (κ2) is 5.91. The fourth-order valence-corrected chi connectivity index (χ4v) is 3.09. The van der Waals surface area contributed by atoms with Crippen LogP contribution in [0.15, 0.2) is 24.3 Å². The molecule has 5 heteroatoms. The van der Waals surface area contributed by atoms with Crippen LogP contribution in [0.25, 0.3) is 0 Å². The summed E-state index contributed by atoms with van der Waals surface area (Å²) < 4.78 is 0. The lowest BCUT2D eigenvalue weighted by Gasteiger charge is -2.10. The number of carboxylic acid groups (broad SMARTS) is 1. The van der Waals surface area contributed by atoms with Gasteiger partial charge in [0.25, 0.3) is 0 Å². The van der Waals surface area contributed by atoms with Crippen molar-refractivity contribution >= 4 is 23.6 Å². The van der Waals surface area contributed by atoms with Crippen molar-refractivity contribution in [3.8, 4) is 0 Å². The average Bonchev–Trinajstić information content (AvgIpc) is 2.90. The van der Waals surface area contributed by atoms with Crippen LogP contribution in [0, 0.1) is 0 Å². The van der Waals surface area contributed by atoms with E-state index in [4.69, 9.17) is 5.11 Å². The maximum absolute atomic E-state index is 11.8. The predicted octanol–water partition coefficient (Wildman–Crippen LogP) is 1.90. The molecular formula is C13H15NO3S. The van der Waals surface area contributed by atoms with E-state index in [0.29, 0.717) is 6.54 Å². The molecule has 1 aliphatic heterocycles. The summed E-state index contributed by atoms with van der Waals surface area (Å²) in [5, 5.41) is 11.8. The summed E-state index contributed by atoms with van der Waals surface area (Å²) in [5.74, 6) is 0.153. The number of nitrogens with one attached hydrogen (secondary N) is 1. The number of thioether (sulfide) groups is 1. The van der Waals surface area contributed by atoms with Crippen molar-refractivity contribution in [3.05, 3.63) is 35.4 Å². The Morgan fingerprint density at radius 3 is 2.94 bits per heavy atom. The van der Waals surface area contributed by atoms with Gasteiger partial charge < -0.3 is 10.4 Å². The van der Waals surface area contributed by atoms with Crippen LogP contribution in [-0.4, -0.2) is 28.0 Å². The second-order valence-electron chi connectivity index (χ2n) is 4.22. The van der Waals surface area contributed by atoms with Crippen LogP contribution in [-0.2, 0) is 11.3 Å². The molecule has 18 heavy (non-hydrogen) atoms. The van der Waals surface area contributed by atoms with E-state index in [1.54, 1.807) is 30.0 Å².